The summed E-state index contributed by atoms with van der Waals surface area (Å²) in [6.45, 7) is 0.543. The molecule has 102 valence electrons. The first-order chi connectivity index (χ1) is 9.15. The van der Waals surface area contributed by atoms with Gasteiger partial charge in [0.15, 0.2) is 5.78 Å². The summed E-state index contributed by atoms with van der Waals surface area (Å²) in [5.41, 5.74) is 0.403. The van der Waals surface area contributed by atoms with Gasteiger partial charge in [-0.1, -0.05) is 0 Å². The molecule has 0 aromatic heterocycles. The van der Waals surface area contributed by atoms with Crippen molar-refractivity contribution >= 4 is 11.6 Å². The van der Waals surface area contributed by atoms with Gasteiger partial charge in [-0.05, 0) is 12.1 Å². The number of hydrogen-bond acceptors (Lipinski definition) is 5. The summed E-state index contributed by atoms with van der Waals surface area (Å²) in [6, 6.07) is 4.88. The van der Waals surface area contributed by atoms with E-state index < -0.39 is 5.92 Å². The van der Waals surface area contributed by atoms with Crippen molar-refractivity contribution in [2.45, 2.75) is 6.42 Å². The van der Waals surface area contributed by atoms with Gasteiger partial charge in [-0.3, -0.25) is 9.59 Å². The first-order valence-corrected chi connectivity index (χ1v) is 6.03. The minimum Gasteiger partial charge on any atom is -0.497 e. The van der Waals surface area contributed by atoms with Gasteiger partial charge in [0.25, 0.3) is 0 Å². The van der Waals surface area contributed by atoms with Gasteiger partial charge in [0.05, 0.1) is 27.4 Å². The third-order valence-corrected chi connectivity index (χ3v) is 3.12. The molecule has 1 aromatic rings. The highest BCUT2D eigenvalue weighted by molar-refractivity contribution is 6.11. The SMILES string of the molecule is COc1cc(OC)cc(C(=O)C2COCCC2=O)c1. The molecule has 1 unspecified atom stereocenters. The second-order valence-corrected chi connectivity index (χ2v) is 4.31. The Morgan fingerprint density at radius 2 is 1.84 bits per heavy atom. The van der Waals surface area contributed by atoms with Crippen LogP contribution < -0.4 is 9.47 Å². The smallest absolute Gasteiger partial charge is 0.175 e. The number of carbonyl (C=O) groups is 2. The molecule has 1 aliphatic heterocycles. The molecule has 19 heavy (non-hydrogen) atoms. The van der Waals surface area contributed by atoms with Gasteiger partial charge in [0.1, 0.15) is 23.2 Å². The number of rotatable bonds is 4. The maximum atomic E-state index is 12.3. The van der Waals surface area contributed by atoms with Crippen molar-refractivity contribution in [2.75, 3.05) is 27.4 Å². The Hall–Kier alpha value is -1.88. The van der Waals surface area contributed by atoms with Gasteiger partial charge < -0.3 is 14.2 Å². The molecular weight excluding hydrogens is 248 g/mol. The maximum absolute atomic E-state index is 12.3. The molecule has 0 spiro atoms. The summed E-state index contributed by atoms with van der Waals surface area (Å²) in [5, 5.41) is 0. The summed E-state index contributed by atoms with van der Waals surface area (Å²) in [6.07, 6.45) is 0.289. The van der Waals surface area contributed by atoms with Crippen molar-refractivity contribution in [3.63, 3.8) is 0 Å². The minimum absolute atomic E-state index is 0.0713. The predicted molar refractivity (Wildman–Crippen MR) is 67.8 cm³/mol. The molecule has 0 saturated carbocycles. The Labute approximate surface area is 111 Å². The topological polar surface area (TPSA) is 61.8 Å². The highest BCUT2D eigenvalue weighted by atomic mass is 16.5. The molecule has 1 aromatic carbocycles. The van der Waals surface area contributed by atoms with Crippen LogP contribution in [0.5, 0.6) is 11.5 Å². The molecular formula is C14H16O5. The molecule has 0 amide bonds. The van der Waals surface area contributed by atoms with Gasteiger partial charge in [-0.2, -0.15) is 0 Å². The van der Waals surface area contributed by atoms with E-state index in [0.717, 1.165) is 0 Å². The normalized spacial score (nSPS) is 19.1. The third-order valence-electron chi connectivity index (χ3n) is 3.12. The lowest BCUT2D eigenvalue weighted by Crippen LogP contribution is -2.33. The van der Waals surface area contributed by atoms with Crippen LogP contribution >= 0.6 is 0 Å². The van der Waals surface area contributed by atoms with Crippen LogP contribution in [0.2, 0.25) is 0 Å². The van der Waals surface area contributed by atoms with Crippen LogP contribution in [-0.4, -0.2) is 39.0 Å². The van der Waals surface area contributed by atoms with E-state index in [9.17, 15) is 9.59 Å². The molecule has 1 aliphatic rings. The molecule has 0 N–H and O–H groups in total. The number of hydrogen-bond donors (Lipinski definition) is 0. The van der Waals surface area contributed by atoms with E-state index in [1.807, 2.05) is 0 Å². The van der Waals surface area contributed by atoms with Crippen LogP contribution in [-0.2, 0) is 9.53 Å². The Bertz CT molecular complexity index is 472. The lowest BCUT2D eigenvalue weighted by atomic mass is 9.91. The molecule has 1 saturated heterocycles. The molecule has 2 rings (SSSR count). The zero-order chi connectivity index (χ0) is 13.8. The number of carbonyl (C=O) groups excluding carboxylic acids is 2. The highest BCUT2D eigenvalue weighted by Gasteiger charge is 2.30. The first kappa shape index (κ1) is 13.5. The summed E-state index contributed by atoms with van der Waals surface area (Å²) in [5.74, 6) is 0.00394. The molecule has 0 aliphatic carbocycles. The fraction of sp³-hybridized carbons (Fsp3) is 0.429. The van der Waals surface area contributed by atoms with Crippen molar-refractivity contribution in [2.24, 2.45) is 5.92 Å². The second-order valence-electron chi connectivity index (χ2n) is 4.31. The van der Waals surface area contributed by atoms with Crippen LogP contribution in [0.25, 0.3) is 0 Å². The lowest BCUT2D eigenvalue weighted by molar-refractivity contribution is -0.128. The zero-order valence-electron chi connectivity index (χ0n) is 11.0. The Kier molecular flexibility index (Phi) is 4.16. The molecule has 0 bridgehead atoms. The number of benzene rings is 1. The van der Waals surface area contributed by atoms with Crippen LogP contribution in [0, 0.1) is 5.92 Å². The molecule has 0 radical (unpaired) electrons. The summed E-state index contributed by atoms with van der Waals surface area (Å²) in [7, 11) is 3.02. The van der Waals surface area contributed by atoms with Gasteiger partial charge in [0.2, 0.25) is 0 Å². The Morgan fingerprint density at radius 3 is 2.37 bits per heavy atom. The second kappa shape index (κ2) is 5.84. The van der Waals surface area contributed by atoms with E-state index in [1.54, 1.807) is 18.2 Å². The average Bonchev–Trinajstić information content (AvgIpc) is 2.46. The number of Topliss-reactive ketones (excluding diaryl/α,β-unsaturated/α-hetero) is 2. The van der Waals surface area contributed by atoms with E-state index in [2.05, 4.69) is 0 Å². The largest absolute Gasteiger partial charge is 0.497 e. The van der Waals surface area contributed by atoms with Crippen molar-refractivity contribution in [1.29, 1.82) is 0 Å². The van der Waals surface area contributed by atoms with Gasteiger partial charge >= 0.3 is 0 Å². The fourth-order valence-corrected chi connectivity index (χ4v) is 2.01. The van der Waals surface area contributed by atoms with E-state index >= 15 is 0 Å². The molecule has 1 atom stereocenters. The summed E-state index contributed by atoms with van der Waals surface area (Å²) >= 11 is 0. The van der Waals surface area contributed by atoms with Gasteiger partial charge in [-0.25, -0.2) is 0 Å². The quantitative estimate of drug-likeness (QED) is 0.609. The van der Waals surface area contributed by atoms with Gasteiger partial charge in [-0.15, -0.1) is 0 Å². The van der Waals surface area contributed by atoms with Crippen LogP contribution in [0.4, 0.5) is 0 Å². The third kappa shape index (κ3) is 2.93. The maximum Gasteiger partial charge on any atom is 0.175 e. The average molecular weight is 264 g/mol. The number of ketones is 2. The van der Waals surface area contributed by atoms with Crippen LogP contribution in [0.15, 0.2) is 18.2 Å². The number of methoxy groups -OCH3 is 2. The predicted octanol–water partition coefficient (Wildman–Crippen LogP) is 1.49. The van der Waals surface area contributed by atoms with Crippen LogP contribution in [0.3, 0.4) is 0 Å². The van der Waals surface area contributed by atoms with E-state index in [0.29, 0.717) is 23.7 Å². The summed E-state index contributed by atoms with van der Waals surface area (Å²) in [4.78, 5) is 24.1. The van der Waals surface area contributed by atoms with E-state index in [4.69, 9.17) is 14.2 Å². The monoisotopic (exact) mass is 264 g/mol. The Morgan fingerprint density at radius 1 is 1.21 bits per heavy atom. The van der Waals surface area contributed by atoms with Crippen molar-refractivity contribution < 1.29 is 23.8 Å². The lowest BCUT2D eigenvalue weighted by Gasteiger charge is -2.20. The van der Waals surface area contributed by atoms with Gasteiger partial charge in [0, 0.05) is 18.1 Å². The standard InChI is InChI=1S/C14H16O5/c1-17-10-5-9(6-11(7-10)18-2)14(16)12-8-19-4-3-13(12)15/h5-7,12H,3-4,8H2,1-2H3. The minimum atomic E-state index is -0.717. The van der Waals surface area contributed by atoms with E-state index in [1.165, 1.54) is 14.2 Å². The zero-order valence-corrected chi connectivity index (χ0v) is 11.0. The van der Waals surface area contributed by atoms with Crippen molar-refractivity contribution in [3.05, 3.63) is 23.8 Å². The van der Waals surface area contributed by atoms with Crippen molar-refractivity contribution in [3.8, 4) is 11.5 Å². The number of ether oxygens (including phenoxy) is 3. The Balaban J connectivity index is 2.29. The van der Waals surface area contributed by atoms with E-state index in [-0.39, 0.29) is 24.6 Å². The van der Waals surface area contributed by atoms with Crippen molar-refractivity contribution in [1.82, 2.24) is 0 Å². The first-order valence-electron chi connectivity index (χ1n) is 6.03. The molecule has 1 fully saturated rings. The van der Waals surface area contributed by atoms with Crippen LogP contribution in [0.1, 0.15) is 16.8 Å². The summed E-state index contributed by atoms with van der Waals surface area (Å²) < 4.78 is 15.4. The molecule has 5 nitrogen and oxygen atoms in total. The molecule has 1 heterocycles. The highest BCUT2D eigenvalue weighted by Crippen LogP contribution is 2.25. The fourth-order valence-electron chi connectivity index (χ4n) is 2.01. The molecule has 5 heteroatoms.